The van der Waals surface area contributed by atoms with Crippen molar-refractivity contribution in [2.45, 2.75) is 12.8 Å². The van der Waals surface area contributed by atoms with Crippen molar-refractivity contribution in [2.75, 3.05) is 5.32 Å². The summed E-state index contributed by atoms with van der Waals surface area (Å²) >= 11 is 5.81. The number of aromatic nitrogens is 4. The summed E-state index contributed by atoms with van der Waals surface area (Å²) in [6.07, 6.45) is 0. The lowest BCUT2D eigenvalue weighted by molar-refractivity contribution is 0.938. The zero-order valence-electron chi connectivity index (χ0n) is 10.7. The van der Waals surface area contributed by atoms with Crippen LogP contribution in [0.1, 0.15) is 11.4 Å². The lowest BCUT2D eigenvalue weighted by Gasteiger charge is -2.08. The molecule has 0 aliphatic carbocycles. The fraction of sp³-hybridized carbons (Fsp3) is 0.154. The second-order valence-corrected chi connectivity index (χ2v) is 4.64. The van der Waals surface area contributed by atoms with Crippen molar-refractivity contribution in [3.63, 3.8) is 0 Å². The predicted molar refractivity (Wildman–Crippen MR) is 77.6 cm³/mol. The van der Waals surface area contributed by atoms with Crippen LogP contribution in [0.15, 0.2) is 35.1 Å². The maximum Gasteiger partial charge on any atom is 0.349 e. The first-order chi connectivity index (χ1) is 9.67. The molecule has 102 valence electrons. The topological polar surface area (TPSA) is 75.1 Å². The number of nitrogens with one attached hydrogen (secondary N) is 2. The number of hydrogen-bond acceptors (Lipinski definition) is 4. The smallest absolute Gasteiger partial charge is 0.340 e. The number of rotatable bonds is 3. The SMILES string of the molecule is Cc1nc(Nc2cccc(CCl)c2)cc2n[nH]c(=O)n12. The quantitative estimate of drug-likeness (QED) is 0.725. The van der Waals surface area contributed by atoms with E-state index in [-0.39, 0.29) is 5.69 Å². The minimum Gasteiger partial charge on any atom is -0.340 e. The summed E-state index contributed by atoms with van der Waals surface area (Å²) in [4.78, 5) is 15.9. The molecular weight excluding hydrogens is 278 g/mol. The molecule has 2 N–H and O–H groups in total. The van der Waals surface area contributed by atoms with Crippen LogP contribution in [0.2, 0.25) is 0 Å². The van der Waals surface area contributed by atoms with Crippen LogP contribution in [0.5, 0.6) is 0 Å². The fourth-order valence-electron chi connectivity index (χ4n) is 2.04. The summed E-state index contributed by atoms with van der Waals surface area (Å²) < 4.78 is 1.42. The number of halogens is 1. The molecule has 0 aliphatic rings. The molecule has 3 rings (SSSR count). The van der Waals surface area contributed by atoms with Gasteiger partial charge in [0.2, 0.25) is 0 Å². The molecule has 2 aromatic heterocycles. The number of aryl methyl sites for hydroxylation is 1. The number of H-pyrrole nitrogens is 1. The van der Waals surface area contributed by atoms with Gasteiger partial charge in [0.15, 0.2) is 5.65 Å². The van der Waals surface area contributed by atoms with E-state index in [2.05, 4.69) is 20.5 Å². The van der Waals surface area contributed by atoms with Crippen molar-refractivity contribution in [3.05, 3.63) is 52.2 Å². The molecule has 0 unspecified atom stereocenters. The van der Waals surface area contributed by atoms with Gasteiger partial charge in [-0.3, -0.25) is 0 Å². The normalized spacial score (nSPS) is 10.9. The van der Waals surface area contributed by atoms with Crippen molar-refractivity contribution in [1.29, 1.82) is 0 Å². The predicted octanol–water partition coefficient (Wildman–Crippen LogP) is 2.21. The molecule has 0 spiro atoms. The Morgan fingerprint density at radius 3 is 3.05 bits per heavy atom. The molecule has 0 radical (unpaired) electrons. The third-order valence-electron chi connectivity index (χ3n) is 2.92. The molecule has 0 saturated carbocycles. The molecule has 20 heavy (non-hydrogen) atoms. The van der Waals surface area contributed by atoms with Gasteiger partial charge in [-0.15, -0.1) is 11.6 Å². The number of nitrogens with zero attached hydrogens (tertiary/aromatic N) is 3. The Labute approximate surface area is 119 Å². The van der Waals surface area contributed by atoms with Gasteiger partial charge in [0.25, 0.3) is 0 Å². The minimum absolute atomic E-state index is 0.291. The maximum atomic E-state index is 11.5. The van der Waals surface area contributed by atoms with Gasteiger partial charge in [0.05, 0.1) is 0 Å². The summed E-state index contributed by atoms with van der Waals surface area (Å²) in [5.41, 5.74) is 2.14. The Balaban J connectivity index is 2.00. The molecule has 0 amide bonds. The van der Waals surface area contributed by atoms with Gasteiger partial charge in [-0.2, -0.15) is 5.10 Å². The van der Waals surface area contributed by atoms with Crippen LogP contribution >= 0.6 is 11.6 Å². The Bertz CT molecular complexity index is 823. The van der Waals surface area contributed by atoms with Crippen molar-refractivity contribution >= 4 is 28.8 Å². The molecule has 0 saturated heterocycles. The number of anilines is 2. The molecule has 3 aromatic rings. The van der Waals surface area contributed by atoms with Crippen LogP contribution in [0.4, 0.5) is 11.5 Å². The van der Waals surface area contributed by atoms with E-state index in [0.29, 0.717) is 23.2 Å². The van der Waals surface area contributed by atoms with Crippen molar-refractivity contribution in [2.24, 2.45) is 0 Å². The van der Waals surface area contributed by atoms with Crippen LogP contribution < -0.4 is 11.0 Å². The van der Waals surface area contributed by atoms with Crippen molar-refractivity contribution in [1.82, 2.24) is 19.6 Å². The van der Waals surface area contributed by atoms with Crippen molar-refractivity contribution < 1.29 is 0 Å². The first-order valence-corrected chi connectivity index (χ1v) is 6.57. The summed E-state index contributed by atoms with van der Waals surface area (Å²) in [5, 5.41) is 9.52. The average Bonchev–Trinajstić information content (AvgIpc) is 2.81. The first kappa shape index (κ1) is 12.7. The summed E-state index contributed by atoms with van der Waals surface area (Å²) in [6, 6.07) is 9.45. The van der Waals surface area contributed by atoms with Crippen LogP contribution in [0, 0.1) is 6.92 Å². The highest BCUT2D eigenvalue weighted by Gasteiger charge is 2.07. The monoisotopic (exact) mass is 289 g/mol. The summed E-state index contributed by atoms with van der Waals surface area (Å²) in [6.45, 7) is 1.75. The van der Waals surface area contributed by atoms with E-state index < -0.39 is 0 Å². The molecule has 0 atom stereocenters. The number of benzene rings is 1. The van der Waals surface area contributed by atoms with Crippen LogP contribution in [-0.2, 0) is 5.88 Å². The van der Waals surface area contributed by atoms with Crippen LogP contribution in [0.25, 0.3) is 5.65 Å². The standard InChI is InChI=1S/C13H12ClN5O/c1-8-15-11(6-12-17-18-13(20)19(8)12)16-10-4-2-3-9(5-10)7-14/h2-6,16H,7H2,1H3,(H,18,20). The molecule has 0 bridgehead atoms. The van der Waals surface area contributed by atoms with E-state index in [9.17, 15) is 4.79 Å². The lowest BCUT2D eigenvalue weighted by atomic mass is 10.2. The largest absolute Gasteiger partial charge is 0.349 e. The van der Waals surface area contributed by atoms with Gasteiger partial charge in [0.1, 0.15) is 11.6 Å². The summed E-state index contributed by atoms with van der Waals surface area (Å²) in [5.74, 6) is 1.65. The highest BCUT2D eigenvalue weighted by molar-refractivity contribution is 6.17. The third-order valence-corrected chi connectivity index (χ3v) is 3.23. The zero-order valence-corrected chi connectivity index (χ0v) is 11.5. The van der Waals surface area contributed by atoms with Crippen LogP contribution in [0.3, 0.4) is 0 Å². The zero-order chi connectivity index (χ0) is 14.1. The highest BCUT2D eigenvalue weighted by atomic mass is 35.5. The van der Waals surface area contributed by atoms with Gasteiger partial charge in [-0.25, -0.2) is 19.3 Å². The summed E-state index contributed by atoms with van der Waals surface area (Å²) in [7, 11) is 0. The lowest BCUT2D eigenvalue weighted by Crippen LogP contribution is -2.13. The number of fused-ring (bicyclic) bond motifs is 1. The molecule has 7 heteroatoms. The van der Waals surface area contributed by atoms with Gasteiger partial charge < -0.3 is 5.32 Å². The molecule has 1 aromatic carbocycles. The van der Waals surface area contributed by atoms with Crippen LogP contribution in [-0.4, -0.2) is 19.6 Å². The number of hydrogen-bond donors (Lipinski definition) is 2. The number of alkyl halides is 1. The van der Waals surface area contributed by atoms with E-state index in [0.717, 1.165) is 11.3 Å². The maximum absolute atomic E-state index is 11.5. The Kier molecular flexibility index (Phi) is 3.15. The van der Waals surface area contributed by atoms with Gasteiger partial charge >= 0.3 is 5.69 Å². The van der Waals surface area contributed by atoms with Crippen molar-refractivity contribution in [3.8, 4) is 0 Å². The van der Waals surface area contributed by atoms with E-state index in [1.54, 1.807) is 13.0 Å². The fourth-order valence-corrected chi connectivity index (χ4v) is 2.21. The van der Waals surface area contributed by atoms with E-state index in [4.69, 9.17) is 11.6 Å². The minimum atomic E-state index is -0.291. The Hall–Kier alpha value is -2.34. The number of aromatic amines is 1. The molecule has 6 nitrogen and oxygen atoms in total. The molecular formula is C13H12ClN5O. The Morgan fingerprint density at radius 1 is 1.40 bits per heavy atom. The molecule has 0 aliphatic heterocycles. The average molecular weight is 290 g/mol. The molecule has 0 fully saturated rings. The van der Waals surface area contributed by atoms with Gasteiger partial charge in [-0.1, -0.05) is 12.1 Å². The van der Waals surface area contributed by atoms with E-state index in [1.165, 1.54) is 4.40 Å². The second kappa shape index (κ2) is 4.97. The van der Waals surface area contributed by atoms with E-state index in [1.807, 2.05) is 24.3 Å². The second-order valence-electron chi connectivity index (χ2n) is 4.37. The highest BCUT2D eigenvalue weighted by Crippen LogP contribution is 2.18. The van der Waals surface area contributed by atoms with Gasteiger partial charge in [0, 0.05) is 17.6 Å². The van der Waals surface area contributed by atoms with E-state index >= 15 is 0 Å². The third kappa shape index (κ3) is 2.25. The van der Waals surface area contributed by atoms with Gasteiger partial charge in [-0.05, 0) is 24.6 Å². The first-order valence-electron chi connectivity index (χ1n) is 6.04. The molecule has 2 heterocycles. The Morgan fingerprint density at radius 2 is 2.25 bits per heavy atom.